The van der Waals surface area contributed by atoms with E-state index in [0.29, 0.717) is 5.92 Å². The molecule has 106 valence electrons. The SMILES string of the molecule is CCCC1CCC(c2ncc(CNC3CC3)[nH]2)CC1. The largest absolute Gasteiger partial charge is 0.345 e. The van der Waals surface area contributed by atoms with Crippen LogP contribution in [0.25, 0.3) is 0 Å². The summed E-state index contributed by atoms with van der Waals surface area (Å²) < 4.78 is 0. The van der Waals surface area contributed by atoms with Crippen LogP contribution in [0.3, 0.4) is 0 Å². The van der Waals surface area contributed by atoms with E-state index in [1.807, 2.05) is 6.20 Å². The predicted molar refractivity (Wildman–Crippen MR) is 78.1 cm³/mol. The topological polar surface area (TPSA) is 40.7 Å². The molecule has 2 saturated carbocycles. The molecule has 0 aromatic carbocycles. The molecule has 0 aliphatic heterocycles. The average Bonchev–Trinajstić information content (AvgIpc) is 3.15. The molecule has 3 rings (SSSR count). The van der Waals surface area contributed by atoms with Crippen LogP contribution in [-0.2, 0) is 6.54 Å². The summed E-state index contributed by atoms with van der Waals surface area (Å²) in [6, 6.07) is 0.774. The van der Waals surface area contributed by atoms with Crippen LogP contribution < -0.4 is 5.32 Å². The summed E-state index contributed by atoms with van der Waals surface area (Å²) in [5.41, 5.74) is 1.26. The number of rotatable bonds is 6. The fourth-order valence-electron chi connectivity index (χ4n) is 3.35. The summed E-state index contributed by atoms with van der Waals surface area (Å²) in [5, 5.41) is 3.54. The van der Waals surface area contributed by atoms with Crippen molar-refractivity contribution in [3.63, 3.8) is 0 Å². The third kappa shape index (κ3) is 3.59. The molecule has 0 spiro atoms. The minimum Gasteiger partial charge on any atom is -0.345 e. The summed E-state index contributed by atoms with van der Waals surface area (Å²) in [6.45, 7) is 3.26. The van der Waals surface area contributed by atoms with E-state index in [9.17, 15) is 0 Å². The second kappa shape index (κ2) is 6.08. The Bertz CT molecular complexity index is 386. The fraction of sp³-hybridized carbons (Fsp3) is 0.812. The number of nitrogens with zero attached hydrogens (tertiary/aromatic N) is 1. The number of hydrogen-bond donors (Lipinski definition) is 2. The zero-order valence-electron chi connectivity index (χ0n) is 12.1. The zero-order valence-corrected chi connectivity index (χ0v) is 12.1. The third-order valence-corrected chi connectivity index (χ3v) is 4.74. The number of imidazole rings is 1. The molecule has 2 aliphatic rings. The van der Waals surface area contributed by atoms with E-state index in [1.54, 1.807) is 0 Å². The number of H-pyrrole nitrogens is 1. The highest BCUT2D eigenvalue weighted by atomic mass is 15.0. The minimum atomic E-state index is 0.683. The third-order valence-electron chi connectivity index (χ3n) is 4.74. The first kappa shape index (κ1) is 13.2. The molecule has 2 N–H and O–H groups in total. The van der Waals surface area contributed by atoms with Gasteiger partial charge in [0.25, 0.3) is 0 Å². The molecule has 0 atom stereocenters. The molecular formula is C16H27N3. The van der Waals surface area contributed by atoms with Crippen molar-refractivity contribution in [2.75, 3.05) is 0 Å². The van der Waals surface area contributed by atoms with Crippen molar-refractivity contribution in [2.45, 2.75) is 76.8 Å². The first-order valence-electron chi connectivity index (χ1n) is 8.12. The van der Waals surface area contributed by atoms with Crippen LogP contribution in [0.2, 0.25) is 0 Å². The van der Waals surface area contributed by atoms with Gasteiger partial charge >= 0.3 is 0 Å². The minimum absolute atomic E-state index is 0.683. The van der Waals surface area contributed by atoms with Crippen LogP contribution in [0.15, 0.2) is 6.20 Å². The molecule has 0 amide bonds. The van der Waals surface area contributed by atoms with E-state index in [2.05, 4.69) is 22.2 Å². The normalized spacial score (nSPS) is 27.6. The molecule has 0 saturated heterocycles. The predicted octanol–water partition coefficient (Wildman–Crippen LogP) is 3.74. The lowest BCUT2D eigenvalue weighted by molar-refractivity contribution is 0.303. The maximum Gasteiger partial charge on any atom is 0.109 e. The van der Waals surface area contributed by atoms with Crippen molar-refractivity contribution in [3.05, 3.63) is 17.7 Å². The Morgan fingerprint density at radius 3 is 2.68 bits per heavy atom. The van der Waals surface area contributed by atoms with Gasteiger partial charge in [0.1, 0.15) is 5.82 Å². The highest BCUT2D eigenvalue weighted by Gasteiger charge is 2.24. The van der Waals surface area contributed by atoms with Gasteiger partial charge < -0.3 is 10.3 Å². The monoisotopic (exact) mass is 261 g/mol. The smallest absolute Gasteiger partial charge is 0.109 e. The van der Waals surface area contributed by atoms with Gasteiger partial charge in [-0.15, -0.1) is 0 Å². The highest BCUT2D eigenvalue weighted by molar-refractivity contribution is 5.07. The van der Waals surface area contributed by atoms with Crippen molar-refractivity contribution >= 4 is 0 Å². The molecule has 2 aliphatic carbocycles. The molecular weight excluding hydrogens is 234 g/mol. The Balaban J connectivity index is 1.48. The van der Waals surface area contributed by atoms with E-state index in [0.717, 1.165) is 18.5 Å². The van der Waals surface area contributed by atoms with Crippen LogP contribution in [0.4, 0.5) is 0 Å². The van der Waals surface area contributed by atoms with Gasteiger partial charge in [-0.05, 0) is 44.4 Å². The molecule has 19 heavy (non-hydrogen) atoms. The molecule has 1 heterocycles. The Morgan fingerprint density at radius 1 is 1.21 bits per heavy atom. The first-order chi connectivity index (χ1) is 9.35. The maximum absolute atomic E-state index is 4.61. The number of aromatic nitrogens is 2. The van der Waals surface area contributed by atoms with Gasteiger partial charge in [0.2, 0.25) is 0 Å². The van der Waals surface area contributed by atoms with Crippen molar-refractivity contribution < 1.29 is 0 Å². The van der Waals surface area contributed by atoms with Crippen LogP contribution in [-0.4, -0.2) is 16.0 Å². The fourth-order valence-corrected chi connectivity index (χ4v) is 3.35. The highest BCUT2D eigenvalue weighted by Crippen LogP contribution is 2.36. The number of nitrogens with one attached hydrogen (secondary N) is 2. The van der Waals surface area contributed by atoms with Gasteiger partial charge in [-0.1, -0.05) is 19.8 Å². The average molecular weight is 261 g/mol. The second-order valence-corrected chi connectivity index (χ2v) is 6.46. The van der Waals surface area contributed by atoms with Gasteiger partial charge in [-0.25, -0.2) is 4.98 Å². The quantitative estimate of drug-likeness (QED) is 0.819. The van der Waals surface area contributed by atoms with Gasteiger partial charge in [0.05, 0.1) is 0 Å². The van der Waals surface area contributed by atoms with Crippen molar-refractivity contribution in [1.29, 1.82) is 0 Å². The van der Waals surface area contributed by atoms with E-state index in [1.165, 1.54) is 62.9 Å². The molecule has 3 nitrogen and oxygen atoms in total. The lowest BCUT2D eigenvalue weighted by atomic mass is 9.80. The molecule has 3 heteroatoms. The molecule has 1 aromatic heterocycles. The van der Waals surface area contributed by atoms with E-state index in [-0.39, 0.29) is 0 Å². The van der Waals surface area contributed by atoms with E-state index in [4.69, 9.17) is 0 Å². The summed E-state index contributed by atoms with van der Waals surface area (Å²) >= 11 is 0. The Labute approximate surface area is 116 Å². The van der Waals surface area contributed by atoms with Crippen LogP contribution in [0.5, 0.6) is 0 Å². The van der Waals surface area contributed by atoms with Crippen molar-refractivity contribution in [3.8, 4) is 0 Å². The molecule has 0 unspecified atom stereocenters. The Morgan fingerprint density at radius 2 is 2.00 bits per heavy atom. The first-order valence-corrected chi connectivity index (χ1v) is 8.12. The summed E-state index contributed by atoms with van der Waals surface area (Å²) in [7, 11) is 0. The summed E-state index contributed by atoms with van der Waals surface area (Å²) in [4.78, 5) is 8.15. The lowest BCUT2D eigenvalue weighted by Crippen LogP contribution is -2.16. The summed E-state index contributed by atoms with van der Waals surface area (Å²) in [5.74, 6) is 2.90. The standard InChI is InChI=1S/C16H27N3/c1-2-3-12-4-6-13(7-5-12)16-18-11-15(19-16)10-17-14-8-9-14/h11-14,17H,2-10H2,1H3,(H,18,19). The Hall–Kier alpha value is -0.830. The van der Waals surface area contributed by atoms with Crippen LogP contribution in [0, 0.1) is 5.92 Å². The summed E-state index contributed by atoms with van der Waals surface area (Å²) in [6.07, 6.45) is 12.9. The van der Waals surface area contributed by atoms with Crippen molar-refractivity contribution in [2.24, 2.45) is 5.92 Å². The molecule has 2 fully saturated rings. The van der Waals surface area contributed by atoms with E-state index >= 15 is 0 Å². The number of aromatic amines is 1. The van der Waals surface area contributed by atoms with Crippen LogP contribution >= 0.6 is 0 Å². The maximum atomic E-state index is 4.61. The molecule has 1 aromatic rings. The molecule has 0 radical (unpaired) electrons. The van der Waals surface area contributed by atoms with Gasteiger partial charge in [0, 0.05) is 30.4 Å². The van der Waals surface area contributed by atoms with Gasteiger partial charge in [-0.3, -0.25) is 0 Å². The van der Waals surface area contributed by atoms with Crippen LogP contribution in [0.1, 0.15) is 75.7 Å². The Kier molecular flexibility index (Phi) is 4.21. The zero-order chi connectivity index (χ0) is 13.1. The molecule has 0 bridgehead atoms. The van der Waals surface area contributed by atoms with Crippen molar-refractivity contribution in [1.82, 2.24) is 15.3 Å². The number of hydrogen-bond acceptors (Lipinski definition) is 2. The van der Waals surface area contributed by atoms with Gasteiger partial charge in [-0.2, -0.15) is 0 Å². The lowest BCUT2D eigenvalue weighted by Gasteiger charge is -2.27. The second-order valence-electron chi connectivity index (χ2n) is 6.46. The van der Waals surface area contributed by atoms with Gasteiger partial charge in [0.15, 0.2) is 0 Å². The van der Waals surface area contributed by atoms with E-state index < -0.39 is 0 Å².